The molecule has 2 N–H and O–H groups in total. The number of nitrogens with two attached hydrogens (primary N) is 1. The summed E-state index contributed by atoms with van der Waals surface area (Å²) in [7, 11) is 0. The summed E-state index contributed by atoms with van der Waals surface area (Å²) in [6, 6.07) is 8.71. The second kappa shape index (κ2) is 6.66. The number of halogens is 1. The maximum Gasteiger partial charge on any atom is 0.0674 e. The minimum Gasteiger partial charge on any atom is -0.377 e. The van der Waals surface area contributed by atoms with Crippen LogP contribution in [0.25, 0.3) is 0 Å². The van der Waals surface area contributed by atoms with Gasteiger partial charge in [-0.25, -0.2) is 0 Å². The van der Waals surface area contributed by atoms with Crippen LogP contribution in [0.5, 0.6) is 0 Å². The molecule has 1 aliphatic rings. The van der Waals surface area contributed by atoms with Crippen molar-refractivity contribution in [2.45, 2.75) is 25.5 Å². The molecule has 18 heavy (non-hydrogen) atoms. The normalized spacial score (nSPS) is 23.6. The summed E-state index contributed by atoms with van der Waals surface area (Å²) >= 11 is 3.53. The zero-order valence-corrected chi connectivity index (χ0v) is 12.4. The third kappa shape index (κ3) is 3.54. The highest BCUT2D eigenvalue weighted by atomic mass is 79.9. The van der Waals surface area contributed by atoms with E-state index in [4.69, 9.17) is 10.5 Å². The van der Waals surface area contributed by atoms with Crippen LogP contribution in [0.15, 0.2) is 28.7 Å². The number of nitrogens with zero attached hydrogens (tertiary/aromatic N) is 1. The minimum absolute atomic E-state index is 0.284. The Hall–Kier alpha value is -0.420. The lowest BCUT2D eigenvalue weighted by atomic mass is 10.0. The van der Waals surface area contributed by atoms with Gasteiger partial charge in [0.05, 0.1) is 6.10 Å². The Kier molecular flexibility index (Phi) is 5.18. The fourth-order valence-corrected chi connectivity index (χ4v) is 2.94. The van der Waals surface area contributed by atoms with Crippen LogP contribution in [0.2, 0.25) is 0 Å². The highest BCUT2D eigenvalue weighted by molar-refractivity contribution is 9.10. The van der Waals surface area contributed by atoms with Crippen LogP contribution in [0.1, 0.15) is 24.9 Å². The molecule has 1 aromatic rings. The van der Waals surface area contributed by atoms with Crippen molar-refractivity contribution in [1.82, 2.24) is 4.90 Å². The molecular formula is C14H21BrN2O. The Morgan fingerprint density at radius 1 is 1.56 bits per heavy atom. The maximum absolute atomic E-state index is 5.98. The Bertz CT molecular complexity index is 386. The predicted octanol–water partition coefficient (Wildman–Crippen LogP) is 2.56. The quantitative estimate of drug-likeness (QED) is 0.932. The first kappa shape index (κ1) is 14.0. The predicted molar refractivity (Wildman–Crippen MR) is 77.5 cm³/mol. The lowest BCUT2D eigenvalue weighted by Crippen LogP contribution is -2.37. The minimum atomic E-state index is 0.284. The van der Waals surface area contributed by atoms with E-state index < -0.39 is 0 Å². The van der Waals surface area contributed by atoms with Gasteiger partial charge in [-0.2, -0.15) is 0 Å². The zero-order valence-electron chi connectivity index (χ0n) is 10.8. The monoisotopic (exact) mass is 312 g/mol. The van der Waals surface area contributed by atoms with Gasteiger partial charge in [-0.15, -0.1) is 0 Å². The van der Waals surface area contributed by atoms with Crippen LogP contribution in [0, 0.1) is 0 Å². The van der Waals surface area contributed by atoms with E-state index in [1.54, 1.807) is 0 Å². The van der Waals surface area contributed by atoms with Gasteiger partial charge < -0.3 is 10.5 Å². The highest BCUT2D eigenvalue weighted by Gasteiger charge is 2.23. The molecule has 3 nitrogen and oxygen atoms in total. The van der Waals surface area contributed by atoms with E-state index in [0.717, 1.165) is 30.6 Å². The van der Waals surface area contributed by atoms with Gasteiger partial charge in [0, 0.05) is 36.8 Å². The molecule has 100 valence electrons. The largest absolute Gasteiger partial charge is 0.377 e. The smallest absolute Gasteiger partial charge is 0.0674 e. The third-order valence-corrected chi connectivity index (χ3v) is 3.87. The van der Waals surface area contributed by atoms with Gasteiger partial charge in [0.1, 0.15) is 0 Å². The molecule has 4 heteroatoms. The summed E-state index contributed by atoms with van der Waals surface area (Å²) < 4.78 is 6.80. The fourth-order valence-electron chi connectivity index (χ4n) is 2.52. The summed E-state index contributed by atoms with van der Waals surface area (Å²) in [5.74, 6) is 0. The van der Waals surface area contributed by atoms with E-state index in [-0.39, 0.29) is 12.1 Å². The topological polar surface area (TPSA) is 38.5 Å². The molecule has 0 radical (unpaired) electrons. The van der Waals surface area contributed by atoms with Gasteiger partial charge in [-0.3, -0.25) is 4.90 Å². The summed E-state index contributed by atoms with van der Waals surface area (Å²) in [6.45, 7) is 5.64. The standard InChI is InChI=1S/C14H21BrN2O/c1-11-10-17(6-3-7-18-11)14(9-16)12-4-2-5-13(15)8-12/h2,4-5,8,11,14H,3,6-7,9-10,16H2,1H3. The molecule has 0 aromatic heterocycles. The number of rotatable bonds is 3. The van der Waals surface area contributed by atoms with Crippen LogP contribution in [0.4, 0.5) is 0 Å². The third-order valence-electron chi connectivity index (χ3n) is 3.38. The van der Waals surface area contributed by atoms with Crippen LogP contribution < -0.4 is 5.73 Å². The van der Waals surface area contributed by atoms with Gasteiger partial charge in [-0.1, -0.05) is 28.1 Å². The number of ether oxygens (including phenoxy) is 1. The van der Waals surface area contributed by atoms with E-state index in [1.165, 1.54) is 5.56 Å². The second-order valence-corrected chi connectivity index (χ2v) is 5.75. The lowest BCUT2D eigenvalue weighted by molar-refractivity contribution is 0.0612. The van der Waals surface area contributed by atoms with Crippen LogP contribution in [-0.2, 0) is 4.74 Å². The van der Waals surface area contributed by atoms with Crippen LogP contribution >= 0.6 is 15.9 Å². The van der Waals surface area contributed by atoms with Crippen molar-refractivity contribution < 1.29 is 4.74 Å². The van der Waals surface area contributed by atoms with Crippen molar-refractivity contribution in [2.75, 3.05) is 26.2 Å². The molecule has 0 saturated carbocycles. The maximum atomic E-state index is 5.98. The van der Waals surface area contributed by atoms with Gasteiger partial charge in [0.25, 0.3) is 0 Å². The average molecular weight is 313 g/mol. The molecule has 0 amide bonds. The van der Waals surface area contributed by atoms with Crippen molar-refractivity contribution in [1.29, 1.82) is 0 Å². The Balaban J connectivity index is 2.16. The molecule has 1 heterocycles. The van der Waals surface area contributed by atoms with Crippen molar-refractivity contribution in [3.63, 3.8) is 0 Å². The average Bonchev–Trinajstić information content (AvgIpc) is 2.55. The molecule has 1 aliphatic heterocycles. The first-order valence-electron chi connectivity index (χ1n) is 6.52. The van der Waals surface area contributed by atoms with E-state index in [2.05, 4.69) is 46.0 Å². The number of benzene rings is 1. The van der Waals surface area contributed by atoms with Gasteiger partial charge in [-0.05, 0) is 31.0 Å². The number of hydrogen-bond acceptors (Lipinski definition) is 3. The SMILES string of the molecule is CC1CN(C(CN)c2cccc(Br)c2)CCCO1. The van der Waals surface area contributed by atoms with Crippen molar-refractivity contribution in [2.24, 2.45) is 5.73 Å². The summed E-state index contributed by atoms with van der Waals surface area (Å²) in [5.41, 5.74) is 7.26. The second-order valence-electron chi connectivity index (χ2n) is 4.84. The fraction of sp³-hybridized carbons (Fsp3) is 0.571. The Morgan fingerprint density at radius 3 is 3.11 bits per heavy atom. The van der Waals surface area contributed by atoms with Crippen LogP contribution in [-0.4, -0.2) is 37.2 Å². The van der Waals surface area contributed by atoms with Crippen molar-refractivity contribution in [3.05, 3.63) is 34.3 Å². The molecule has 0 bridgehead atoms. The molecule has 0 spiro atoms. The summed E-state index contributed by atoms with van der Waals surface area (Å²) in [5, 5.41) is 0. The number of hydrogen-bond donors (Lipinski definition) is 1. The molecule has 0 aliphatic carbocycles. The molecule has 1 saturated heterocycles. The summed E-state index contributed by atoms with van der Waals surface area (Å²) in [4.78, 5) is 2.44. The zero-order chi connectivity index (χ0) is 13.0. The lowest BCUT2D eigenvalue weighted by Gasteiger charge is -2.31. The molecular weight excluding hydrogens is 292 g/mol. The molecule has 2 atom stereocenters. The summed E-state index contributed by atoms with van der Waals surface area (Å²) in [6.07, 6.45) is 1.36. The molecule has 2 rings (SSSR count). The molecule has 1 fully saturated rings. The first-order chi connectivity index (χ1) is 8.70. The Labute approximate surface area is 117 Å². The van der Waals surface area contributed by atoms with E-state index >= 15 is 0 Å². The van der Waals surface area contributed by atoms with Gasteiger partial charge in [0.2, 0.25) is 0 Å². The van der Waals surface area contributed by atoms with Crippen molar-refractivity contribution >= 4 is 15.9 Å². The molecule has 1 aromatic carbocycles. The highest BCUT2D eigenvalue weighted by Crippen LogP contribution is 2.24. The first-order valence-corrected chi connectivity index (χ1v) is 7.31. The van der Waals surface area contributed by atoms with Gasteiger partial charge in [0.15, 0.2) is 0 Å². The Morgan fingerprint density at radius 2 is 2.39 bits per heavy atom. The van der Waals surface area contributed by atoms with Crippen LogP contribution in [0.3, 0.4) is 0 Å². The van der Waals surface area contributed by atoms with E-state index in [9.17, 15) is 0 Å². The molecule has 2 unspecified atom stereocenters. The van der Waals surface area contributed by atoms with E-state index in [1.807, 2.05) is 6.07 Å². The van der Waals surface area contributed by atoms with E-state index in [0.29, 0.717) is 6.54 Å². The van der Waals surface area contributed by atoms with Crippen molar-refractivity contribution in [3.8, 4) is 0 Å². The van der Waals surface area contributed by atoms with Gasteiger partial charge >= 0.3 is 0 Å².